The van der Waals surface area contributed by atoms with Crippen molar-refractivity contribution in [3.63, 3.8) is 0 Å². The molecule has 0 radical (unpaired) electrons. The quantitative estimate of drug-likeness (QED) is 0.485. The van der Waals surface area contributed by atoms with Crippen LogP contribution in [0.2, 0.25) is 10.0 Å². The molecule has 2 aromatic carbocycles. The number of methoxy groups -OCH3 is 1. The lowest BCUT2D eigenvalue weighted by Gasteiger charge is -2.15. The van der Waals surface area contributed by atoms with E-state index in [4.69, 9.17) is 32.7 Å². The molecule has 148 valence electrons. The van der Waals surface area contributed by atoms with Crippen molar-refractivity contribution in [2.75, 3.05) is 12.4 Å². The lowest BCUT2D eigenvalue weighted by atomic mass is 10.2. The summed E-state index contributed by atoms with van der Waals surface area (Å²) in [6.45, 7) is 3.51. The van der Waals surface area contributed by atoms with Crippen LogP contribution >= 0.6 is 39.1 Å². The van der Waals surface area contributed by atoms with Crippen molar-refractivity contribution in [2.24, 2.45) is 0 Å². The van der Waals surface area contributed by atoms with Gasteiger partial charge in [-0.15, -0.1) is 0 Å². The third-order valence-electron chi connectivity index (χ3n) is 3.98. The second-order valence-corrected chi connectivity index (χ2v) is 7.47. The summed E-state index contributed by atoms with van der Waals surface area (Å²) in [4.78, 5) is 0. The fourth-order valence-corrected chi connectivity index (χ4v) is 3.28. The molecule has 7 nitrogen and oxygen atoms in total. The van der Waals surface area contributed by atoms with Crippen LogP contribution in [0.3, 0.4) is 0 Å². The highest BCUT2D eigenvalue weighted by atomic mass is 79.9. The van der Waals surface area contributed by atoms with Gasteiger partial charge in [0, 0.05) is 17.6 Å². The minimum Gasteiger partial charge on any atom is -0.493 e. The molecule has 0 spiro atoms. The molecule has 1 N–H and O–H groups in total. The molecular formula is C18H18BrCl2N5O2. The Kier molecular flexibility index (Phi) is 6.98. The summed E-state index contributed by atoms with van der Waals surface area (Å²) < 4.78 is 14.0. The topological polar surface area (TPSA) is 74.1 Å². The minimum absolute atomic E-state index is 0.336. The van der Waals surface area contributed by atoms with Crippen LogP contribution < -0.4 is 14.8 Å². The number of hydrogen-bond acceptors (Lipinski definition) is 6. The van der Waals surface area contributed by atoms with Gasteiger partial charge in [0.1, 0.15) is 6.61 Å². The van der Waals surface area contributed by atoms with Crippen LogP contribution in [-0.4, -0.2) is 27.3 Å². The first-order valence-corrected chi connectivity index (χ1v) is 9.99. The molecule has 0 aliphatic rings. The number of rotatable bonds is 8. The number of benzene rings is 2. The zero-order valence-corrected chi connectivity index (χ0v) is 18.3. The van der Waals surface area contributed by atoms with E-state index in [-0.39, 0.29) is 0 Å². The van der Waals surface area contributed by atoms with Crippen LogP contribution in [0, 0.1) is 0 Å². The fourth-order valence-electron chi connectivity index (χ4n) is 2.49. The Bertz CT molecular complexity index is 967. The van der Waals surface area contributed by atoms with Gasteiger partial charge in [-0.3, -0.25) is 0 Å². The lowest BCUT2D eigenvalue weighted by Crippen LogP contribution is -2.08. The molecule has 0 saturated carbocycles. The molecule has 0 saturated heterocycles. The highest BCUT2D eigenvalue weighted by molar-refractivity contribution is 9.10. The third-order valence-corrected chi connectivity index (χ3v) is 5.46. The highest BCUT2D eigenvalue weighted by Gasteiger charge is 2.12. The molecule has 0 aliphatic carbocycles. The van der Waals surface area contributed by atoms with Crippen molar-refractivity contribution in [3.05, 3.63) is 56.0 Å². The molecule has 0 bridgehead atoms. The second-order valence-electron chi connectivity index (χ2n) is 5.80. The first kappa shape index (κ1) is 20.7. The number of ether oxygens (including phenoxy) is 2. The average Bonchev–Trinajstić information content (AvgIpc) is 3.15. The van der Waals surface area contributed by atoms with E-state index in [1.54, 1.807) is 23.9 Å². The van der Waals surface area contributed by atoms with Gasteiger partial charge < -0.3 is 14.8 Å². The smallest absolute Gasteiger partial charge is 0.243 e. The summed E-state index contributed by atoms with van der Waals surface area (Å²) in [5.41, 5.74) is 1.88. The van der Waals surface area contributed by atoms with Gasteiger partial charge in [0.2, 0.25) is 5.95 Å². The average molecular weight is 487 g/mol. The van der Waals surface area contributed by atoms with Crippen molar-refractivity contribution in [1.82, 2.24) is 20.2 Å². The first-order chi connectivity index (χ1) is 13.5. The zero-order valence-electron chi connectivity index (χ0n) is 15.2. The second kappa shape index (κ2) is 9.45. The van der Waals surface area contributed by atoms with Gasteiger partial charge in [0.25, 0.3) is 0 Å². The van der Waals surface area contributed by atoms with E-state index < -0.39 is 0 Å². The Morgan fingerprint density at radius 1 is 1.14 bits per heavy atom. The summed E-state index contributed by atoms with van der Waals surface area (Å²) in [7, 11) is 1.60. The number of aryl methyl sites for hydroxylation is 1. The monoisotopic (exact) mass is 485 g/mol. The van der Waals surface area contributed by atoms with Crippen molar-refractivity contribution in [2.45, 2.75) is 26.6 Å². The number of nitrogens with one attached hydrogen (secondary N) is 1. The number of aromatic nitrogens is 4. The maximum absolute atomic E-state index is 6.06. The Hall–Kier alpha value is -2.03. The molecule has 3 rings (SSSR count). The van der Waals surface area contributed by atoms with Gasteiger partial charge in [0.15, 0.2) is 11.5 Å². The highest BCUT2D eigenvalue weighted by Crippen LogP contribution is 2.34. The Balaban J connectivity index is 1.72. The molecule has 28 heavy (non-hydrogen) atoms. The third kappa shape index (κ3) is 4.87. The molecular weight excluding hydrogens is 469 g/mol. The maximum atomic E-state index is 6.06. The molecule has 0 amide bonds. The van der Waals surface area contributed by atoms with Gasteiger partial charge in [-0.2, -0.15) is 0 Å². The normalized spacial score (nSPS) is 10.8. The molecule has 3 aromatic rings. The summed E-state index contributed by atoms with van der Waals surface area (Å²) in [5, 5.41) is 15.8. The number of nitrogens with zero attached hydrogens (tertiary/aromatic N) is 4. The van der Waals surface area contributed by atoms with E-state index in [9.17, 15) is 0 Å². The molecule has 0 atom stereocenters. The van der Waals surface area contributed by atoms with Crippen LogP contribution in [0.5, 0.6) is 11.5 Å². The van der Waals surface area contributed by atoms with Gasteiger partial charge in [-0.25, -0.2) is 4.68 Å². The number of hydrogen-bond donors (Lipinski definition) is 1. The van der Waals surface area contributed by atoms with Crippen molar-refractivity contribution >= 4 is 45.1 Å². The number of tetrazole rings is 1. The summed E-state index contributed by atoms with van der Waals surface area (Å²) in [6.07, 6.45) is 0. The standard InChI is InChI=1S/C18H18BrCl2N5O2/c1-3-26-18(23-24-25-26)22-9-12-7-16(27-2)17(8-13(12)19)28-10-11-4-5-14(20)15(21)6-11/h4-8H,3,9-10H2,1-2H3,(H,22,23,25). The van der Waals surface area contributed by atoms with Crippen LogP contribution in [0.15, 0.2) is 34.8 Å². The SMILES string of the molecule is CCn1nnnc1NCc1cc(OC)c(OCc2ccc(Cl)c(Cl)c2)cc1Br. The van der Waals surface area contributed by atoms with Gasteiger partial charge in [0.05, 0.1) is 17.2 Å². The van der Waals surface area contributed by atoms with Gasteiger partial charge >= 0.3 is 0 Å². The largest absolute Gasteiger partial charge is 0.493 e. The summed E-state index contributed by atoms with van der Waals surface area (Å²) in [5.74, 6) is 1.84. The predicted octanol–water partition coefficient (Wildman–Crippen LogP) is 4.96. The van der Waals surface area contributed by atoms with Crippen LogP contribution in [-0.2, 0) is 19.7 Å². The number of anilines is 1. The minimum atomic E-state index is 0.336. The summed E-state index contributed by atoms with van der Waals surface area (Å²) >= 11 is 15.6. The predicted molar refractivity (Wildman–Crippen MR) is 112 cm³/mol. The van der Waals surface area contributed by atoms with Crippen molar-refractivity contribution < 1.29 is 9.47 Å². The van der Waals surface area contributed by atoms with E-state index in [1.807, 2.05) is 25.1 Å². The van der Waals surface area contributed by atoms with Crippen LogP contribution in [0.1, 0.15) is 18.1 Å². The Morgan fingerprint density at radius 3 is 2.68 bits per heavy atom. The van der Waals surface area contributed by atoms with Crippen molar-refractivity contribution in [3.8, 4) is 11.5 Å². The molecule has 1 aromatic heterocycles. The Morgan fingerprint density at radius 2 is 1.96 bits per heavy atom. The van der Waals surface area contributed by atoms with Crippen LogP contribution in [0.25, 0.3) is 0 Å². The Labute approximate surface area is 181 Å². The molecule has 10 heteroatoms. The van der Waals surface area contributed by atoms with E-state index in [0.29, 0.717) is 47.2 Å². The molecule has 1 heterocycles. The molecule has 0 unspecified atom stereocenters. The van der Waals surface area contributed by atoms with Gasteiger partial charge in [-0.05, 0) is 52.7 Å². The first-order valence-electron chi connectivity index (χ1n) is 8.45. The maximum Gasteiger partial charge on any atom is 0.243 e. The molecule has 0 fully saturated rings. The summed E-state index contributed by atoms with van der Waals surface area (Å²) in [6, 6.07) is 9.17. The van der Waals surface area contributed by atoms with E-state index in [0.717, 1.165) is 15.6 Å². The van der Waals surface area contributed by atoms with Crippen molar-refractivity contribution in [1.29, 1.82) is 0 Å². The zero-order chi connectivity index (χ0) is 20.1. The van der Waals surface area contributed by atoms with Gasteiger partial charge in [-0.1, -0.05) is 50.3 Å². The van der Waals surface area contributed by atoms with Crippen LogP contribution in [0.4, 0.5) is 5.95 Å². The lowest BCUT2D eigenvalue weighted by molar-refractivity contribution is 0.284. The fraction of sp³-hybridized carbons (Fsp3) is 0.278. The van der Waals surface area contributed by atoms with E-state index in [1.165, 1.54) is 0 Å². The van der Waals surface area contributed by atoms with E-state index in [2.05, 4.69) is 36.8 Å². The number of halogens is 3. The van der Waals surface area contributed by atoms with E-state index >= 15 is 0 Å². The molecule has 0 aliphatic heterocycles.